The number of nitrogens with zero attached hydrogens (tertiary/aromatic N) is 2. The van der Waals surface area contributed by atoms with E-state index in [-0.39, 0.29) is 11.5 Å². The Kier molecular flexibility index (Phi) is 3.20. The molecule has 3 heteroatoms. The predicted molar refractivity (Wildman–Crippen MR) is 76.0 cm³/mol. The summed E-state index contributed by atoms with van der Waals surface area (Å²) in [4.78, 5) is 0. The van der Waals surface area contributed by atoms with Gasteiger partial charge in [0.15, 0.2) is 0 Å². The van der Waals surface area contributed by atoms with Crippen LogP contribution in [0.25, 0.3) is 0 Å². The van der Waals surface area contributed by atoms with Crippen molar-refractivity contribution in [2.24, 2.45) is 11.3 Å². The summed E-state index contributed by atoms with van der Waals surface area (Å²) in [7, 11) is 0. The van der Waals surface area contributed by atoms with Crippen molar-refractivity contribution in [3.63, 3.8) is 0 Å². The lowest BCUT2D eigenvalue weighted by Crippen LogP contribution is -2.37. The zero-order chi connectivity index (χ0) is 13.6. The second-order valence-corrected chi connectivity index (χ2v) is 7.53. The Morgan fingerprint density at radius 1 is 1.21 bits per heavy atom. The van der Waals surface area contributed by atoms with Crippen LogP contribution in [-0.2, 0) is 0 Å². The molecule has 3 atom stereocenters. The van der Waals surface area contributed by atoms with E-state index in [1.165, 1.54) is 18.4 Å². The van der Waals surface area contributed by atoms with Gasteiger partial charge in [-0.15, -0.1) is 0 Å². The SMILES string of the molecule is CC(C)(C)C1CCC(O)CC1n1cc(C2CC2)cn1. The van der Waals surface area contributed by atoms with E-state index in [2.05, 4.69) is 36.7 Å². The lowest BCUT2D eigenvalue weighted by molar-refractivity contribution is 0.0254. The average molecular weight is 262 g/mol. The lowest BCUT2D eigenvalue weighted by atomic mass is 9.69. The number of rotatable bonds is 2. The van der Waals surface area contributed by atoms with Crippen LogP contribution in [0.5, 0.6) is 0 Å². The molecule has 0 amide bonds. The fourth-order valence-electron chi connectivity index (χ4n) is 3.59. The molecule has 3 unspecified atom stereocenters. The average Bonchev–Trinajstić information content (AvgIpc) is 3.05. The zero-order valence-electron chi connectivity index (χ0n) is 12.3. The van der Waals surface area contributed by atoms with Crippen LogP contribution in [0.15, 0.2) is 12.4 Å². The molecule has 106 valence electrons. The summed E-state index contributed by atoms with van der Waals surface area (Å²) in [5.41, 5.74) is 1.67. The highest BCUT2D eigenvalue weighted by molar-refractivity contribution is 5.17. The maximum absolute atomic E-state index is 10.0. The van der Waals surface area contributed by atoms with Gasteiger partial charge in [0.2, 0.25) is 0 Å². The molecule has 1 N–H and O–H groups in total. The molecule has 1 aromatic rings. The van der Waals surface area contributed by atoms with Crippen molar-refractivity contribution in [2.45, 2.75) is 70.9 Å². The Morgan fingerprint density at radius 2 is 1.95 bits per heavy atom. The molecule has 0 saturated heterocycles. The van der Waals surface area contributed by atoms with Gasteiger partial charge in [0.1, 0.15) is 0 Å². The number of aromatic nitrogens is 2. The van der Waals surface area contributed by atoms with Gasteiger partial charge in [-0.25, -0.2) is 0 Å². The normalized spacial score (nSPS) is 32.5. The number of aliphatic hydroxyl groups excluding tert-OH is 1. The minimum Gasteiger partial charge on any atom is -0.393 e. The zero-order valence-corrected chi connectivity index (χ0v) is 12.3. The molecule has 1 aromatic heterocycles. The summed E-state index contributed by atoms with van der Waals surface area (Å²) in [6.07, 6.45) is 9.66. The largest absolute Gasteiger partial charge is 0.393 e. The van der Waals surface area contributed by atoms with Crippen LogP contribution in [0, 0.1) is 11.3 Å². The maximum Gasteiger partial charge on any atom is 0.0577 e. The van der Waals surface area contributed by atoms with E-state index in [1.54, 1.807) is 0 Å². The highest BCUT2D eigenvalue weighted by atomic mass is 16.3. The van der Waals surface area contributed by atoms with Crippen LogP contribution in [0.4, 0.5) is 0 Å². The highest BCUT2D eigenvalue weighted by Crippen LogP contribution is 2.45. The summed E-state index contributed by atoms with van der Waals surface area (Å²) in [5.74, 6) is 1.36. The summed E-state index contributed by atoms with van der Waals surface area (Å²) in [5, 5.41) is 14.6. The third kappa shape index (κ3) is 2.71. The molecule has 19 heavy (non-hydrogen) atoms. The van der Waals surface area contributed by atoms with Crippen molar-refractivity contribution in [3.05, 3.63) is 18.0 Å². The Balaban J connectivity index is 1.84. The van der Waals surface area contributed by atoms with Crippen molar-refractivity contribution in [1.29, 1.82) is 0 Å². The molecular formula is C16H26N2O. The molecule has 0 aromatic carbocycles. The molecule has 1 heterocycles. The first-order valence-corrected chi connectivity index (χ1v) is 7.67. The van der Waals surface area contributed by atoms with Gasteiger partial charge in [-0.3, -0.25) is 4.68 Å². The molecule has 3 rings (SSSR count). The van der Waals surface area contributed by atoms with E-state index < -0.39 is 0 Å². The van der Waals surface area contributed by atoms with Crippen molar-refractivity contribution in [2.75, 3.05) is 0 Å². The molecule has 0 spiro atoms. The Morgan fingerprint density at radius 3 is 2.58 bits per heavy atom. The first-order valence-electron chi connectivity index (χ1n) is 7.67. The topological polar surface area (TPSA) is 38.0 Å². The quantitative estimate of drug-likeness (QED) is 0.885. The van der Waals surface area contributed by atoms with E-state index in [1.807, 2.05) is 6.20 Å². The van der Waals surface area contributed by atoms with E-state index in [0.717, 1.165) is 25.2 Å². The van der Waals surface area contributed by atoms with E-state index >= 15 is 0 Å². The van der Waals surface area contributed by atoms with Gasteiger partial charge in [0, 0.05) is 6.20 Å². The maximum atomic E-state index is 10.0. The third-order valence-corrected chi connectivity index (χ3v) is 4.91. The minimum absolute atomic E-state index is 0.155. The Bertz CT molecular complexity index is 442. The van der Waals surface area contributed by atoms with Crippen molar-refractivity contribution in [1.82, 2.24) is 9.78 Å². The first-order chi connectivity index (χ1) is 8.95. The number of hydrogen-bond acceptors (Lipinski definition) is 2. The monoisotopic (exact) mass is 262 g/mol. The molecular weight excluding hydrogens is 236 g/mol. The summed E-state index contributed by atoms with van der Waals surface area (Å²) in [6, 6.07) is 0.358. The van der Waals surface area contributed by atoms with Crippen LogP contribution in [0.2, 0.25) is 0 Å². The van der Waals surface area contributed by atoms with Crippen molar-refractivity contribution < 1.29 is 5.11 Å². The van der Waals surface area contributed by atoms with Gasteiger partial charge in [-0.1, -0.05) is 20.8 Å². The third-order valence-electron chi connectivity index (χ3n) is 4.91. The highest BCUT2D eigenvalue weighted by Gasteiger charge is 2.38. The molecule has 2 fully saturated rings. The van der Waals surface area contributed by atoms with Crippen molar-refractivity contribution >= 4 is 0 Å². The molecule has 0 aliphatic heterocycles. The molecule has 0 radical (unpaired) electrons. The van der Waals surface area contributed by atoms with Gasteiger partial charge in [-0.2, -0.15) is 5.10 Å². The minimum atomic E-state index is -0.155. The van der Waals surface area contributed by atoms with Gasteiger partial charge in [0.05, 0.1) is 18.3 Å². The standard InChI is InChI=1S/C16H26N2O/c1-16(2,3)14-7-6-13(19)8-15(14)18-10-12(9-17-18)11-4-5-11/h9-11,13-15,19H,4-8H2,1-3H3. The number of aliphatic hydroxyl groups is 1. The predicted octanol–water partition coefficient (Wildman–Crippen LogP) is 3.51. The van der Waals surface area contributed by atoms with Crippen LogP contribution in [0.3, 0.4) is 0 Å². The van der Waals surface area contributed by atoms with Gasteiger partial charge < -0.3 is 5.11 Å². The molecule has 2 aliphatic rings. The van der Waals surface area contributed by atoms with Crippen LogP contribution < -0.4 is 0 Å². The van der Waals surface area contributed by atoms with Crippen LogP contribution in [0.1, 0.15) is 70.4 Å². The van der Waals surface area contributed by atoms with Crippen LogP contribution in [-0.4, -0.2) is 21.0 Å². The summed E-state index contributed by atoms with van der Waals surface area (Å²) in [6.45, 7) is 6.94. The summed E-state index contributed by atoms with van der Waals surface area (Å²) < 4.78 is 2.14. The smallest absolute Gasteiger partial charge is 0.0577 e. The molecule has 0 bridgehead atoms. The van der Waals surface area contributed by atoms with E-state index in [4.69, 9.17) is 0 Å². The van der Waals surface area contributed by atoms with E-state index in [0.29, 0.717) is 12.0 Å². The number of hydrogen-bond donors (Lipinski definition) is 1. The summed E-state index contributed by atoms with van der Waals surface area (Å²) >= 11 is 0. The van der Waals surface area contributed by atoms with Gasteiger partial charge in [0.25, 0.3) is 0 Å². The Hall–Kier alpha value is -0.830. The fraction of sp³-hybridized carbons (Fsp3) is 0.812. The van der Waals surface area contributed by atoms with E-state index in [9.17, 15) is 5.11 Å². The van der Waals surface area contributed by atoms with Crippen LogP contribution >= 0.6 is 0 Å². The Labute approximate surface area is 116 Å². The molecule has 2 saturated carbocycles. The second-order valence-electron chi connectivity index (χ2n) is 7.53. The molecule has 3 nitrogen and oxygen atoms in total. The van der Waals surface area contributed by atoms with Gasteiger partial charge in [-0.05, 0) is 54.9 Å². The molecule has 2 aliphatic carbocycles. The fourth-order valence-corrected chi connectivity index (χ4v) is 3.59. The van der Waals surface area contributed by atoms with Gasteiger partial charge >= 0.3 is 0 Å². The second kappa shape index (κ2) is 4.62. The first kappa shape index (κ1) is 13.2. The lowest BCUT2D eigenvalue weighted by Gasteiger charge is -2.42. The van der Waals surface area contributed by atoms with Crippen molar-refractivity contribution in [3.8, 4) is 0 Å².